The lowest BCUT2D eigenvalue weighted by molar-refractivity contribution is 0.0217. The maximum absolute atomic E-state index is 13.1. The molecule has 1 aliphatic heterocycles. The first-order valence-electron chi connectivity index (χ1n) is 6.21. The lowest BCUT2D eigenvalue weighted by Gasteiger charge is -2.24. The van der Waals surface area contributed by atoms with Gasteiger partial charge in [0.2, 0.25) is 0 Å². The fourth-order valence-corrected chi connectivity index (χ4v) is 2.01. The first-order valence-corrected chi connectivity index (χ1v) is 6.21. The van der Waals surface area contributed by atoms with Gasteiger partial charge in [-0.1, -0.05) is 0 Å². The molecule has 0 amide bonds. The van der Waals surface area contributed by atoms with Gasteiger partial charge in [-0.3, -0.25) is 0 Å². The minimum absolute atomic E-state index is 0.0782. The van der Waals surface area contributed by atoms with E-state index in [9.17, 15) is 4.39 Å². The SMILES string of the molecule is COC(C)(C)CNCC1Cc2cc(F)ccc2O1. The number of hydrogen-bond acceptors (Lipinski definition) is 3. The van der Waals surface area contributed by atoms with Crippen molar-refractivity contribution in [2.75, 3.05) is 20.2 Å². The summed E-state index contributed by atoms with van der Waals surface area (Å²) in [6.07, 6.45) is 0.836. The quantitative estimate of drug-likeness (QED) is 0.872. The van der Waals surface area contributed by atoms with Crippen LogP contribution in [0.1, 0.15) is 19.4 Å². The predicted octanol–water partition coefficient (Wildman–Crippen LogP) is 2.14. The van der Waals surface area contributed by atoms with Gasteiger partial charge in [0.15, 0.2) is 0 Å². The summed E-state index contributed by atoms with van der Waals surface area (Å²) in [7, 11) is 1.70. The third-order valence-electron chi connectivity index (χ3n) is 3.24. The molecule has 1 atom stereocenters. The molecule has 1 heterocycles. The number of fused-ring (bicyclic) bond motifs is 1. The molecule has 1 unspecified atom stereocenters. The standard InChI is InChI=1S/C14H20FNO2/c1-14(2,17-3)9-16-8-12-7-10-6-11(15)4-5-13(10)18-12/h4-6,12,16H,7-9H2,1-3H3. The molecule has 1 aromatic carbocycles. The number of ether oxygens (including phenoxy) is 2. The zero-order valence-electron chi connectivity index (χ0n) is 11.1. The molecule has 3 nitrogen and oxygen atoms in total. The van der Waals surface area contributed by atoms with Gasteiger partial charge in [0, 0.05) is 32.2 Å². The molecule has 0 bridgehead atoms. The molecule has 0 aliphatic carbocycles. The van der Waals surface area contributed by atoms with E-state index < -0.39 is 0 Å². The van der Waals surface area contributed by atoms with Crippen molar-refractivity contribution in [1.82, 2.24) is 5.32 Å². The maximum Gasteiger partial charge on any atom is 0.123 e. The van der Waals surface area contributed by atoms with Gasteiger partial charge < -0.3 is 14.8 Å². The number of rotatable bonds is 5. The average molecular weight is 253 g/mol. The number of nitrogens with one attached hydrogen (secondary N) is 1. The van der Waals surface area contributed by atoms with Crippen molar-refractivity contribution in [3.8, 4) is 5.75 Å². The van der Waals surface area contributed by atoms with E-state index in [0.29, 0.717) is 0 Å². The fraction of sp³-hybridized carbons (Fsp3) is 0.571. The van der Waals surface area contributed by atoms with Crippen molar-refractivity contribution >= 4 is 0 Å². The Hall–Kier alpha value is -1.13. The Morgan fingerprint density at radius 3 is 3.00 bits per heavy atom. The molecule has 0 radical (unpaired) electrons. The summed E-state index contributed by atoms with van der Waals surface area (Å²) in [5.41, 5.74) is 0.769. The second-order valence-corrected chi connectivity index (χ2v) is 5.29. The molecule has 0 aromatic heterocycles. The van der Waals surface area contributed by atoms with Crippen LogP contribution in [0.2, 0.25) is 0 Å². The van der Waals surface area contributed by atoms with Gasteiger partial charge in [0.05, 0.1) is 5.60 Å². The van der Waals surface area contributed by atoms with Crippen LogP contribution in [0.5, 0.6) is 5.75 Å². The van der Waals surface area contributed by atoms with Gasteiger partial charge in [-0.2, -0.15) is 0 Å². The van der Waals surface area contributed by atoms with Gasteiger partial charge >= 0.3 is 0 Å². The summed E-state index contributed by atoms with van der Waals surface area (Å²) < 4.78 is 24.1. The zero-order chi connectivity index (χ0) is 13.2. The highest BCUT2D eigenvalue weighted by Gasteiger charge is 2.24. The Balaban J connectivity index is 1.81. The molecule has 1 aromatic rings. The van der Waals surface area contributed by atoms with Gasteiger partial charge in [-0.05, 0) is 32.0 Å². The Kier molecular flexibility index (Phi) is 3.88. The zero-order valence-corrected chi connectivity index (χ0v) is 11.1. The van der Waals surface area contributed by atoms with E-state index in [0.717, 1.165) is 30.8 Å². The summed E-state index contributed by atoms with van der Waals surface area (Å²) in [5, 5.41) is 3.32. The number of methoxy groups -OCH3 is 1. The first kappa shape index (κ1) is 13.3. The third kappa shape index (κ3) is 3.21. The van der Waals surface area contributed by atoms with E-state index in [1.54, 1.807) is 19.2 Å². The lowest BCUT2D eigenvalue weighted by atomic mass is 10.1. The minimum atomic E-state index is -0.202. The molecule has 1 N–H and O–H groups in total. The lowest BCUT2D eigenvalue weighted by Crippen LogP contribution is -2.40. The van der Waals surface area contributed by atoms with Crippen LogP contribution in [0.4, 0.5) is 4.39 Å². The molecule has 0 saturated carbocycles. The van der Waals surface area contributed by atoms with E-state index in [1.165, 1.54) is 6.07 Å². The largest absolute Gasteiger partial charge is 0.488 e. The summed E-state index contributed by atoms with van der Waals surface area (Å²) in [5.74, 6) is 0.598. The molecular formula is C14H20FNO2. The molecule has 0 spiro atoms. The van der Waals surface area contributed by atoms with Gasteiger partial charge in [0.25, 0.3) is 0 Å². The van der Waals surface area contributed by atoms with Crippen molar-refractivity contribution in [3.63, 3.8) is 0 Å². The monoisotopic (exact) mass is 253 g/mol. The molecular weight excluding hydrogens is 233 g/mol. The van der Waals surface area contributed by atoms with Crippen molar-refractivity contribution in [3.05, 3.63) is 29.6 Å². The number of benzene rings is 1. The number of hydrogen-bond donors (Lipinski definition) is 1. The van der Waals surface area contributed by atoms with Crippen LogP contribution in [0.15, 0.2) is 18.2 Å². The van der Waals surface area contributed by atoms with Gasteiger partial charge in [-0.25, -0.2) is 4.39 Å². The molecule has 2 rings (SSSR count). The topological polar surface area (TPSA) is 30.5 Å². The van der Waals surface area contributed by atoms with Crippen molar-refractivity contribution in [2.24, 2.45) is 0 Å². The Bertz CT molecular complexity index is 420. The van der Waals surface area contributed by atoms with E-state index in [4.69, 9.17) is 9.47 Å². The van der Waals surface area contributed by atoms with Crippen molar-refractivity contribution in [1.29, 1.82) is 0 Å². The average Bonchev–Trinajstić information content (AvgIpc) is 2.70. The second-order valence-electron chi connectivity index (χ2n) is 5.29. The summed E-state index contributed by atoms with van der Waals surface area (Å²) in [6.45, 7) is 5.55. The van der Waals surface area contributed by atoms with E-state index in [-0.39, 0.29) is 17.5 Å². The molecule has 0 fully saturated rings. The molecule has 18 heavy (non-hydrogen) atoms. The maximum atomic E-state index is 13.1. The smallest absolute Gasteiger partial charge is 0.123 e. The van der Waals surface area contributed by atoms with Crippen LogP contribution in [-0.2, 0) is 11.2 Å². The predicted molar refractivity (Wildman–Crippen MR) is 68.5 cm³/mol. The van der Waals surface area contributed by atoms with Gasteiger partial charge in [-0.15, -0.1) is 0 Å². The summed E-state index contributed by atoms with van der Waals surface area (Å²) in [6, 6.07) is 4.68. The third-order valence-corrected chi connectivity index (χ3v) is 3.24. The van der Waals surface area contributed by atoms with Crippen LogP contribution in [-0.4, -0.2) is 31.9 Å². The highest BCUT2D eigenvalue weighted by Crippen LogP contribution is 2.28. The van der Waals surface area contributed by atoms with Crippen molar-refractivity contribution < 1.29 is 13.9 Å². The van der Waals surface area contributed by atoms with Gasteiger partial charge in [0.1, 0.15) is 17.7 Å². The first-order chi connectivity index (χ1) is 8.50. The Morgan fingerprint density at radius 2 is 2.28 bits per heavy atom. The normalized spacial score (nSPS) is 18.6. The minimum Gasteiger partial charge on any atom is -0.488 e. The van der Waals surface area contributed by atoms with E-state index in [1.807, 2.05) is 13.8 Å². The van der Waals surface area contributed by atoms with Crippen molar-refractivity contribution in [2.45, 2.75) is 32.0 Å². The number of halogens is 1. The highest BCUT2D eigenvalue weighted by molar-refractivity contribution is 5.37. The fourth-order valence-electron chi connectivity index (χ4n) is 2.01. The summed E-state index contributed by atoms with van der Waals surface area (Å²) >= 11 is 0. The van der Waals surface area contributed by atoms with Crippen LogP contribution in [0.3, 0.4) is 0 Å². The molecule has 1 aliphatic rings. The van der Waals surface area contributed by atoms with E-state index in [2.05, 4.69) is 5.32 Å². The Morgan fingerprint density at radius 1 is 1.50 bits per heavy atom. The highest BCUT2D eigenvalue weighted by atomic mass is 19.1. The molecule has 4 heteroatoms. The summed E-state index contributed by atoms with van der Waals surface area (Å²) in [4.78, 5) is 0. The van der Waals surface area contributed by atoms with Crippen LogP contribution in [0, 0.1) is 5.82 Å². The van der Waals surface area contributed by atoms with Crippen LogP contribution < -0.4 is 10.1 Å². The van der Waals surface area contributed by atoms with E-state index >= 15 is 0 Å². The second kappa shape index (κ2) is 5.24. The molecule has 100 valence electrons. The Labute approximate surface area is 107 Å². The molecule has 0 saturated heterocycles. The van der Waals surface area contributed by atoms with Crippen LogP contribution >= 0.6 is 0 Å². The van der Waals surface area contributed by atoms with Crippen LogP contribution in [0.25, 0.3) is 0 Å².